The molecule has 5 heteroatoms. The number of rotatable bonds is 7. The summed E-state index contributed by atoms with van der Waals surface area (Å²) in [4.78, 5) is 4.00. The molecule has 1 heterocycles. The van der Waals surface area contributed by atoms with Crippen LogP contribution in [0.25, 0.3) is 0 Å². The van der Waals surface area contributed by atoms with Crippen molar-refractivity contribution in [2.45, 2.75) is 26.3 Å². The molecule has 2 rings (SSSR count). The van der Waals surface area contributed by atoms with Crippen molar-refractivity contribution in [2.24, 2.45) is 5.16 Å². The number of para-hydroxylation sites is 1. The molecular weight excluding hydrogens is 254 g/mol. The maximum absolute atomic E-state index is 9.02. The maximum atomic E-state index is 9.02. The van der Waals surface area contributed by atoms with E-state index in [1.54, 1.807) is 12.5 Å². The smallest absolute Gasteiger partial charge is 0.128 e. The zero-order valence-electron chi connectivity index (χ0n) is 11.6. The number of ether oxygens (including phenoxy) is 1. The molecule has 0 aliphatic rings. The van der Waals surface area contributed by atoms with Crippen molar-refractivity contribution in [3.63, 3.8) is 0 Å². The minimum Gasteiger partial charge on any atom is -0.493 e. The molecule has 1 N–H and O–H groups in total. The van der Waals surface area contributed by atoms with E-state index in [0.717, 1.165) is 24.3 Å². The molecule has 20 heavy (non-hydrogen) atoms. The SMILES string of the molecule is CCC(=NO)c1ccccc1OCCCn1ccnc1. The summed E-state index contributed by atoms with van der Waals surface area (Å²) in [6, 6.07) is 7.63. The van der Waals surface area contributed by atoms with Crippen LogP contribution in [0.1, 0.15) is 25.3 Å². The number of benzene rings is 1. The molecule has 1 aromatic carbocycles. The highest BCUT2D eigenvalue weighted by Crippen LogP contribution is 2.20. The van der Waals surface area contributed by atoms with Crippen LogP contribution in [-0.2, 0) is 6.54 Å². The molecule has 2 aromatic rings. The van der Waals surface area contributed by atoms with Crippen molar-refractivity contribution >= 4 is 5.71 Å². The van der Waals surface area contributed by atoms with Gasteiger partial charge in [0.2, 0.25) is 0 Å². The second kappa shape index (κ2) is 7.33. The fraction of sp³-hybridized carbons (Fsp3) is 0.333. The van der Waals surface area contributed by atoms with Gasteiger partial charge in [0.15, 0.2) is 0 Å². The molecule has 0 unspecified atom stereocenters. The van der Waals surface area contributed by atoms with E-state index < -0.39 is 0 Å². The average molecular weight is 273 g/mol. The van der Waals surface area contributed by atoms with Gasteiger partial charge in [0.1, 0.15) is 5.75 Å². The Hall–Kier alpha value is -2.30. The summed E-state index contributed by atoms with van der Waals surface area (Å²) in [5.74, 6) is 0.757. The van der Waals surface area contributed by atoms with E-state index >= 15 is 0 Å². The van der Waals surface area contributed by atoms with E-state index in [1.807, 2.05) is 42.0 Å². The van der Waals surface area contributed by atoms with Crippen molar-refractivity contribution in [1.82, 2.24) is 9.55 Å². The fourth-order valence-corrected chi connectivity index (χ4v) is 1.99. The van der Waals surface area contributed by atoms with Gasteiger partial charge in [-0.3, -0.25) is 0 Å². The molecular formula is C15H19N3O2. The van der Waals surface area contributed by atoms with Gasteiger partial charge in [-0.2, -0.15) is 0 Å². The molecule has 0 bridgehead atoms. The number of nitrogens with zero attached hydrogens (tertiary/aromatic N) is 3. The highest BCUT2D eigenvalue weighted by atomic mass is 16.5. The van der Waals surface area contributed by atoms with Crippen molar-refractivity contribution in [3.8, 4) is 5.75 Å². The molecule has 0 fully saturated rings. The van der Waals surface area contributed by atoms with Crippen LogP contribution in [0.3, 0.4) is 0 Å². The zero-order chi connectivity index (χ0) is 14.2. The molecule has 5 nitrogen and oxygen atoms in total. The number of hydrogen-bond acceptors (Lipinski definition) is 4. The molecule has 0 radical (unpaired) electrons. The van der Waals surface area contributed by atoms with Crippen molar-refractivity contribution in [3.05, 3.63) is 48.5 Å². The Kier molecular flexibility index (Phi) is 5.17. The van der Waals surface area contributed by atoms with Crippen molar-refractivity contribution < 1.29 is 9.94 Å². The Morgan fingerprint density at radius 2 is 2.25 bits per heavy atom. The van der Waals surface area contributed by atoms with Gasteiger partial charge in [0.25, 0.3) is 0 Å². The van der Waals surface area contributed by atoms with Crippen LogP contribution >= 0.6 is 0 Å². The summed E-state index contributed by atoms with van der Waals surface area (Å²) in [5, 5.41) is 12.4. The molecule has 106 valence electrons. The van der Waals surface area contributed by atoms with Crippen LogP contribution in [0, 0.1) is 0 Å². The van der Waals surface area contributed by atoms with Gasteiger partial charge in [0, 0.05) is 24.5 Å². The Bertz CT molecular complexity index is 550. The van der Waals surface area contributed by atoms with E-state index in [0.29, 0.717) is 18.7 Å². The lowest BCUT2D eigenvalue weighted by Gasteiger charge is -2.11. The first-order chi connectivity index (χ1) is 9.85. The minimum atomic E-state index is 0.609. The molecule has 0 aliphatic heterocycles. The molecule has 0 saturated heterocycles. The van der Waals surface area contributed by atoms with Crippen LogP contribution in [0.4, 0.5) is 0 Å². The lowest BCUT2D eigenvalue weighted by molar-refractivity contribution is 0.299. The zero-order valence-corrected chi connectivity index (χ0v) is 11.6. The predicted octanol–water partition coefficient (Wildman–Crippen LogP) is 2.94. The third kappa shape index (κ3) is 3.60. The first kappa shape index (κ1) is 14.1. The molecule has 0 aliphatic carbocycles. The van der Waals surface area contributed by atoms with E-state index in [4.69, 9.17) is 9.94 Å². The third-order valence-corrected chi connectivity index (χ3v) is 3.03. The van der Waals surface area contributed by atoms with E-state index in [1.165, 1.54) is 0 Å². The van der Waals surface area contributed by atoms with Gasteiger partial charge >= 0.3 is 0 Å². The van der Waals surface area contributed by atoms with Gasteiger partial charge in [-0.1, -0.05) is 24.2 Å². The topological polar surface area (TPSA) is 59.6 Å². The number of imidazole rings is 1. The molecule has 0 atom stereocenters. The van der Waals surface area contributed by atoms with Crippen LogP contribution in [0.15, 0.2) is 48.1 Å². The van der Waals surface area contributed by atoms with Gasteiger partial charge in [0.05, 0.1) is 18.6 Å². The molecule has 0 spiro atoms. The number of oxime groups is 1. The highest BCUT2D eigenvalue weighted by molar-refractivity contribution is 6.02. The summed E-state index contributed by atoms with van der Waals surface area (Å²) >= 11 is 0. The summed E-state index contributed by atoms with van der Waals surface area (Å²) in [6.45, 7) is 3.43. The van der Waals surface area contributed by atoms with Crippen LogP contribution in [0.5, 0.6) is 5.75 Å². The van der Waals surface area contributed by atoms with Crippen LogP contribution < -0.4 is 4.74 Å². The van der Waals surface area contributed by atoms with Crippen molar-refractivity contribution in [1.29, 1.82) is 0 Å². The summed E-state index contributed by atoms with van der Waals surface area (Å²) in [5.41, 5.74) is 1.48. The van der Waals surface area contributed by atoms with Gasteiger partial charge in [-0.25, -0.2) is 4.98 Å². The standard InChI is InChI=1S/C15H19N3O2/c1-2-14(17-19)13-6-3-4-7-15(13)20-11-5-9-18-10-8-16-12-18/h3-4,6-8,10,12,19H,2,5,9,11H2,1H3. The second-order valence-electron chi connectivity index (χ2n) is 4.40. The monoisotopic (exact) mass is 273 g/mol. The van der Waals surface area contributed by atoms with Gasteiger partial charge in [-0.05, 0) is 25.0 Å². The molecule has 0 saturated carbocycles. The summed E-state index contributed by atoms with van der Waals surface area (Å²) < 4.78 is 7.81. The Morgan fingerprint density at radius 1 is 1.40 bits per heavy atom. The number of aromatic nitrogens is 2. The Balaban J connectivity index is 1.92. The second-order valence-corrected chi connectivity index (χ2v) is 4.40. The summed E-state index contributed by atoms with van der Waals surface area (Å²) in [7, 11) is 0. The highest BCUT2D eigenvalue weighted by Gasteiger charge is 2.08. The van der Waals surface area contributed by atoms with E-state index in [-0.39, 0.29) is 0 Å². The van der Waals surface area contributed by atoms with Gasteiger partial charge < -0.3 is 14.5 Å². The molecule has 0 amide bonds. The van der Waals surface area contributed by atoms with Crippen LogP contribution in [0.2, 0.25) is 0 Å². The lowest BCUT2D eigenvalue weighted by atomic mass is 10.1. The largest absolute Gasteiger partial charge is 0.493 e. The quantitative estimate of drug-likeness (QED) is 0.365. The third-order valence-electron chi connectivity index (χ3n) is 3.03. The minimum absolute atomic E-state index is 0.609. The van der Waals surface area contributed by atoms with Crippen molar-refractivity contribution in [2.75, 3.05) is 6.61 Å². The lowest BCUT2D eigenvalue weighted by Crippen LogP contribution is -2.07. The van der Waals surface area contributed by atoms with E-state index in [2.05, 4.69) is 10.1 Å². The van der Waals surface area contributed by atoms with Gasteiger partial charge in [-0.15, -0.1) is 0 Å². The maximum Gasteiger partial charge on any atom is 0.128 e. The van der Waals surface area contributed by atoms with E-state index in [9.17, 15) is 0 Å². The summed E-state index contributed by atoms with van der Waals surface area (Å²) in [6.07, 6.45) is 7.04. The Morgan fingerprint density at radius 3 is 2.95 bits per heavy atom. The fourth-order valence-electron chi connectivity index (χ4n) is 1.99. The molecule has 1 aromatic heterocycles. The predicted molar refractivity (Wildman–Crippen MR) is 77.4 cm³/mol. The first-order valence-corrected chi connectivity index (χ1v) is 6.74. The average Bonchev–Trinajstić information content (AvgIpc) is 2.99. The number of hydrogen-bond donors (Lipinski definition) is 1. The number of aryl methyl sites for hydroxylation is 1. The first-order valence-electron chi connectivity index (χ1n) is 6.74. The Labute approximate surface area is 118 Å². The van der Waals surface area contributed by atoms with Crippen LogP contribution in [-0.4, -0.2) is 27.1 Å². The normalized spacial score (nSPS) is 11.6.